The van der Waals surface area contributed by atoms with E-state index < -0.39 is 0 Å². The van der Waals surface area contributed by atoms with E-state index in [1.54, 1.807) is 23.0 Å². The van der Waals surface area contributed by atoms with Crippen LogP contribution < -0.4 is 10.9 Å². The SMILES string of the molecule is C[C@@H]1[C@@H](N=C(Nc2ccc3c(=O)n(CCc4ccc(Cl)cc4Cl)cnc3c2)N2C[C@H](O)C[C@@H]2C)C[C@@H]2C[C@H]1C2(C)C. The lowest BCUT2D eigenvalue weighted by Crippen LogP contribution is -2.56. The van der Waals surface area contributed by atoms with Crippen LogP contribution in [0.25, 0.3) is 10.9 Å². The van der Waals surface area contributed by atoms with Crippen molar-refractivity contribution < 1.29 is 5.11 Å². The van der Waals surface area contributed by atoms with Gasteiger partial charge >= 0.3 is 0 Å². The van der Waals surface area contributed by atoms with Gasteiger partial charge in [0, 0.05) is 34.9 Å². The van der Waals surface area contributed by atoms with Gasteiger partial charge in [0.1, 0.15) is 0 Å². The highest BCUT2D eigenvalue weighted by molar-refractivity contribution is 6.35. The Balaban J connectivity index is 1.24. The van der Waals surface area contributed by atoms with Gasteiger partial charge in [0.2, 0.25) is 0 Å². The van der Waals surface area contributed by atoms with Gasteiger partial charge in [0.05, 0.1) is 29.4 Å². The Morgan fingerprint density at radius 2 is 1.95 bits per heavy atom. The average molecular weight is 597 g/mol. The minimum atomic E-state index is -0.368. The van der Waals surface area contributed by atoms with E-state index in [1.807, 2.05) is 24.3 Å². The van der Waals surface area contributed by atoms with Crippen molar-refractivity contribution in [2.45, 2.75) is 78.1 Å². The maximum absolute atomic E-state index is 13.3. The van der Waals surface area contributed by atoms with Crippen molar-refractivity contribution in [3.8, 4) is 0 Å². The van der Waals surface area contributed by atoms with Crippen LogP contribution in [0, 0.1) is 23.2 Å². The fraction of sp³-hybridized carbons (Fsp3) is 0.531. The lowest BCUT2D eigenvalue weighted by atomic mass is 9.45. The number of rotatable bonds is 5. The van der Waals surface area contributed by atoms with E-state index in [0.29, 0.717) is 63.6 Å². The minimum absolute atomic E-state index is 0.0883. The van der Waals surface area contributed by atoms with Crippen molar-refractivity contribution in [3.63, 3.8) is 0 Å². The minimum Gasteiger partial charge on any atom is -0.391 e. The fourth-order valence-electron chi connectivity index (χ4n) is 7.42. The highest BCUT2D eigenvalue weighted by Gasteiger charge is 2.56. The van der Waals surface area contributed by atoms with Gasteiger partial charge in [0.15, 0.2) is 5.96 Å². The molecule has 218 valence electrons. The number of likely N-dealkylation sites (tertiary alicyclic amines) is 1. The van der Waals surface area contributed by atoms with E-state index in [0.717, 1.165) is 30.1 Å². The standard InChI is InChI=1S/C32H39Cl2N5O2/c1-18-11-24(40)16-39(18)31(37-28-13-21-12-26(19(28)2)32(21,3)4)36-23-7-8-25-29(15-23)35-17-38(30(25)41)10-9-20-5-6-22(33)14-27(20)34/h5-8,14-15,17-19,21,24,26,28,40H,9-13,16H2,1-4H3,(H,36,37)/t18-,19-,21-,24+,26+,28-/m0/s1. The van der Waals surface area contributed by atoms with Gasteiger partial charge in [-0.25, -0.2) is 9.98 Å². The summed E-state index contributed by atoms with van der Waals surface area (Å²) < 4.78 is 1.62. The van der Waals surface area contributed by atoms with Crippen LogP contribution in [0.5, 0.6) is 0 Å². The molecule has 3 aromatic rings. The zero-order valence-corrected chi connectivity index (χ0v) is 25.7. The highest BCUT2D eigenvalue weighted by atomic mass is 35.5. The van der Waals surface area contributed by atoms with Gasteiger partial charge < -0.3 is 15.3 Å². The third-order valence-electron chi connectivity index (χ3n) is 10.1. The second-order valence-corrected chi connectivity index (χ2v) is 13.8. The molecule has 7 rings (SSSR count). The second-order valence-electron chi connectivity index (χ2n) is 13.0. The van der Waals surface area contributed by atoms with E-state index in [4.69, 9.17) is 28.2 Å². The number of nitrogens with one attached hydrogen (secondary N) is 1. The number of benzene rings is 2. The third-order valence-corrected chi connectivity index (χ3v) is 10.7. The summed E-state index contributed by atoms with van der Waals surface area (Å²) in [5, 5.41) is 15.7. The molecule has 41 heavy (non-hydrogen) atoms. The normalized spacial score (nSPS) is 29.0. The van der Waals surface area contributed by atoms with Crippen molar-refractivity contribution >= 4 is 45.8 Å². The number of fused-ring (bicyclic) bond motifs is 3. The Kier molecular flexibility index (Phi) is 7.58. The number of aryl methyl sites for hydroxylation is 2. The molecule has 1 saturated heterocycles. The number of β-amino-alcohol motifs (C(OH)–C–C–N with tert-alkyl or cyclic N) is 1. The average Bonchev–Trinajstić information content (AvgIpc) is 3.27. The van der Waals surface area contributed by atoms with E-state index in [2.05, 4.69) is 42.9 Å². The Hall–Kier alpha value is -2.61. The molecule has 3 aliphatic carbocycles. The van der Waals surface area contributed by atoms with E-state index in [1.165, 1.54) is 6.42 Å². The first kappa shape index (κ1) is 28.5. The third kappa shape index (κ3) is 5.37. The fourth-order valence-corrected chi connectivity index (χ4v) is 7.92. The summed E-state index contributed by atoms with van der Waals surface area (Å²) in [5.74, 6) is 2.72. The van der Waals surface area contributed by atoms with E-state index in [9.17, 15) is 9.90 Å². The molecule has 4 fully saturated rings. The summed E-state index contributed by atoms with van der Waals surface area (Å²) in [6, 6.07) is 11.5. The molecular weight excluding hydrogens is 557 g/mol. The number of anilines is 1. The number of hydrogen-bond acceptors (Lipinski definition) is 4. The number of aliphatic imine (C=N–C) groups is 1. The largest absolute Gasteiger partial charge is 0.391 e. The summed E-state index contributed by atoms with van der Waals surface area (Å²) >= 11 is 12.3. The van der Waals surface area contributed by atoms with E-state index in [-0.39, 0.29) is 23.7 Å². The molecule has 3 saturated carbocycles. The number of aliphatic hydroxyl groups is 1. The monoisotopic (exact) mass is 595 g/mol. The molecule has 4 aliphatic rings. The van der Waals surface area contributed by atoms with Crippen LogP contribution in [0.4, 0.5) is 5.69 Å². The van der Waals surface area contributed by atoms with Crippen molar-refractivity contribution in [1.29, 1.82) is 0 Å². The number of halogens is 2. The van der Waals surface area contributed by atoms with Gasteiger partial charge in [-0.15, -0.1) is 0 Å². The van der Waals surface area contributed by atoms with Crippen LogP contribution in [0.2, 0.25) is 10.0 Å². The van der Waals surface area contributed by atoms with Crippen molar-refractivity contribution in [1.82, 2.24) is 14.5 Å². The maximum atomic E-state index is 13.3. The van der Waals surface area contributed by atoms with Gasteiger partial charge in [-0.05, 0) is 91.7 Å². The molecular formula is C32H39Cl2N5O2. The van der Waals surface area contributed by atoms with Crippen LogP contribution in [0.15, 0.2) is 52.5 Å². The number of hydrogen-bond donors (Lipinski definition) is 2. The molecule has 0 spiro atoms. The molecule has 1 aromatic heterocycles. The highest BCUT2D eigenvalue weighted by Crippen LogP contribution is 2.61. The summed E-state index contributed by atoms with van der Waals surface area (Å²) in [7, 11) is 0. The van der Waals surface area contributed by atoms with Gasteiger partial charge in [-0.1, -0.05) is 50.0 Å². The van der Waals surface area contributed by atoms with Crippen molar-refractivity contribution in [2.24, 2.45) is 28.2 Å². The Labute approximate surface area is 251 Å². The molecule has 2 N–H and O–H groups in total. The van der Waals surface area contributed by atoms with Crippen molar-refractivity contribution in [3.05, 3.63) is 68.7 Å². The first-order valence-electron chi connectivity index (χ1n) is 14.7. The van der Waals surface area contributed by atoms with Crippen LogP contribution in [0.3, 0.4) is 0 Å². The number of aliphatic hydroxyl groups excluding tert-OH is 1. The molecule has 0 amide bonds. The van der Waals surface area contributed by atoms with Gasteiger partial charge in [-0.3, -0.25) is 9.36 Å². The Morgan fingerprint density at radius 3 is 2.63 bits per heavy atom. The number of nitrogens with zero attached hydrogens (tertiary/aromatic N) is 4. The first-order valence-corrected chi connectivity index (χ1v) is 15.5. The molecule has 0 unspecified atom stereocenters. The molecule has 6 atom stereocenters. The quantitative estimate of drug-likeness (QED) is 0.269. The molecule has 2 bridgehead atoms. The predicted molar refractivity (Wildman–Crippen MR) is 167 cm³/mol. The molecule has 9 heteroatoms. The van der Waals surface area contributed by atoms with Crippen LogP contribution in [-0.4, -0.2) is 50.2 Å². The molecule has 1 aliphatic heterocycles. The van der Waals surface area contributed by atoms with Crippen LogP contribution in [-0.2, 0) is 13.0 Å². The lowest BCUT2D eigenvalue weighted by molar-refractivity contribution is -0.108. The molecule has 0 radical (unpaired) electrons. The zero-order chi connectivity index (χ0) is 29.1. The number of guanidine groups is 1. The van der Waals surface area contributed by atoms with Crippen LogP contribution in [0.1, 0.15) is 52.5 Å². The number of aromatic nitrogens is 2. The summed E-state index contributed by atoms with van der Waals surface area (Å²) in [6.45, 7) is 10.3. The summed E-state index contributed by atoms with van der Waals surface area (Å²) in [4.78, 5) is 25.4. The topological polar surface area (TPSA) is 82.8 Å². The van der Waals surface area contributed by atoms with Crippen molar-refractivity contribution in [2.75, 3.05) is 11.9 Å². The smallest absolute Gasteiger partial charge is 0.261 e. The molecule has 2 aromatic carbocycles. The predicted octanol–water partition coefficient (Wildman–Crippen LogP) is 6.24. The maximum Gasteiger partial charge on any atom is 0.261 e. The summed E-state index contributed by atoms with van der Waals surface area (Å²) in [5.41, 5.74) is 2.70. The van der Waals surface area contributed by atoms with Crippen LogP contribution >= 0.6 is 23.2 Å². The summed E-state index contributed by atoms with van der Waals surface area (Å²) in [6.07, 6.45) is 4.96. The molecule has 2 heterocycles. The first-order chi connectivity index (χ1) is 19.5. The van der Waals surface area contributed by atoms with E-state index >= 15 is 0 Å². The van der Waals surface area contributed by atoms with Gasteiger partial charge in [-0.2, -0.15) is 0 Å². The van der Waals surface area contributed by atoms with Gasteiger partial charge in [0.25, 0.3) is 5.56 Å². The Morgan fingerprint density at radius 1 is 1.15 bits per heavy atom. The zero-order valence-electron chi connectivity index (χ0n) is 24.1. The Bertz CT molecular complexity index is 1550. The molecule has 7 nitrogen and oxygen atoms in total. The second kappa shape index (κ2) is 10.9. The lowest BCUT2D eigenvalue weighted by Gasteiger charge is -2.61.